The molecule has 0 bridgehead atoms. The van der Waals surface area contributed by atoms with Crippen LogP contribution in [0.25, 0.3) is 0 Å². The molecule has 0 fully saturated rings. The highest BCUT2D eigenvalue weighted by molar-refractivity contribution is 5.95. The molecule has 1 unspecified atom stereocenters. The number of anilines is 2. The van der Waals surface area contributed by atoms with E-state index in [-0.39, 0.29) is 30.9 Å². The summed E-state index contributed by atoms with van der Waals surface area (Å²) in [6.45, 7) is 12.7. The van der Waals surface area contributed by atoms with Crippen LogP contribution in [0.15, 0.2) is 91.0 Å². The van der Waals surface area contributed by atoms with Crippen molar-refractivity contribution < 1.29 is 43.7 Å². The van der Waals surface area contributed by atoms with Gasteiger partial charge in [0, 0.05) is 29.4 Å². The summed E-state index contributed by atoms with van der Waals surface area (Å²) in [5, 5.41) is 34.1. The highest BCUT2D eigenvalue weighted by Gasteiger charge is 2.32. The highest BCUT2D eigenvalue weighted by Crippen LogP contribution is 2.22. The molecule has 3 aromatic carbocycles. The molecule has 312 valence electrons. The van der Waals surface area contributed by atoms with Crippen LogP contribution in [0.3, 0.4) is 0 Å². The second-order valence-electron chi connectivity index (χ2n) is 14.7. The van der Waals surface area contributed by atoms with E-state index in [2.05, 4.69) is 33.2 Å². The first-order valence-corrected chi connectivity index (χ1v) is 19.2. The van der Waals surface area contributed by atoms with Crippen LogP contribution in [0.1, 0.15) is 81.6 Å². The largest absolute Gasteiger partial charge is 0.481 e. The number of nitrogens with one attached hydrogen (secondary N) is 5. The number of nitrogens with two attached hydrogens (primary N) is 1. The minimum Gasteiger partial charge on any atom is -0.481 e. The van der Waals surface area contributed by atoms with Crippen LogP contribution in [0.4, 0.5) is 11.4 Å². The Kier molecular flexibility index (Phi) is 18.1. The molecule has 15 heteroatoms. The number of carbonyl (C=O) groups is 6. The van der Waals surface area contributed by atoms with Gasteiger partial charge in [-0.1, -0.05) is 82.8 Å². The number of amides is 4. The van der Waals surface area contributed by atoms with Crippen molar-refractivity contribution in [3.05, 3.63) is 108 Å². The van der Waals surface area contributed by atoms with Gasteiger partial charge >= 0.3 is 11.9 Å². The van der Waals surface area contributed by atoms with Gasteiger partial charge in [0.2, 0.25) is 23.6 Å². The number of hydrogen-bond acceptors (Lipinski definition) is 10. The van der Waals surface area contributed by atoms with E-state index in [4.69, 9.17) is 15.6 Å². The maximum Gasteiger partial charge on any atom is 0.338 e. The monoisotopic (exact) mass is 800 g/mol. The topological polar surface area (TPSA) is 238 Å². The number of ether oxygens (including phenoxy) is 1. The Labute approximate surface area is 339 Å². The van der Waals surface area contributed by atoms with Crippen molar-refractivity contribution >= 4 is 46.9 Å². The summed E-state index contributed by atoms with van der Waals surface area (Å²) in [5.74, 6) is -4.53. The normalized spacial score (nSPS) is 13.6. The predicted octanol–water partition coefficient (Wildman–Crippen LogP) is 4.05. The Balaban J connectivity index is 1.75. The molecule has 4 amide bonds. The first-order valence-electron chi connectivity index (χ1n) is 19.2. The molecule has 0 spiro atoms. The van der Waals surface area contributed by atoms with Crippen molar-refractivity contribution in [3.63, 3.8) is 0 Å². The third-order valence-corrected chi connectivity index (χ3v) is 8.95. The van der Waals surface area contributed by atoms with Crippen LogP contribution >= 0.6 is 0 Å². The van der Waals surface area contributed by atoms with E-state index < -0.39 is 78.3 Å². The number of hydrogen-bond donors (Lipinski definition) is 8. The number of benzene rings is 3. The Bertz CT molecular complexity index is 1900. The SMILES string of the molecule is C=C(CC(=O)O)[C@H](N)C(=O)N[C@H](C(=O)N[C@@H](CC(C)C)C(=O)N[C@H](CC(=O)Nc1cccc(C(O)Nc2cccc(C(=O)OCC)c2)c1)Cc1ccccc1)C(C)C. The summed E-state index contributed by atoms with van der Waals surface area (Å²) in [4.78, 5) is 77.3. The molecule has 15 nitrogen and oxygen atoms in total. The van der Waals surface area contributed by atoms with E-state index in [1.807, 2.05) is 44.2 Å². The summed E-state index contributed by atoms with van der Waals surface area (Å²) in [7, 11) is 0. The van der Waals surface area contributed by atoms with Gasteiger partial charge in [-0.3, -0.25) is 24.0 Å². The van der Waals surface area contributed by atoms with E-state index in [0.717, 1.165) is 5.56 Å². The van der Waals surface area contributed by atoms with Gasteiger partial charge in [0.1, 0.15) is 18.1 Å². The molecule has 3 rings (SSSR count). The highest BCUT2D eigenvalue weighted by atomic mass is 16.5. The molecule has 58 heavy (non-hydrogen) atoms. The van der Waals surface area contributed by atoms with Crippen molar-refractivity contribution in [1.82, 2.24) is 16.0 Å². The van der Waals surface area contributed by atoms with Crippen LogP contribution in [-0.2, 0) is 35.1 Å². The van der Waals surface area contributed by atoms with E-state index in [1.54, 1.807) is 69.3 Å². The average molecular weight is 801 g/mol. The Morgan fingerprint density at radius 2 is 1.48 bits per heavy atom. The van der Waals surface area contributed by atoms with Crippen molar-refractivity contribution in [2.24, 2.45) is 17.6 Å². The Morgan fingerprint density at radius 1 is 0.810 bits per heavy atom. The molecule has 9 N–H and O–H groups in total. The number of carboxylic acid groups (broad SMARTS) is 1. The molecule has 0 aliphatic heterocycles. The summed E-state index contributed by atoms with van der Waals surface area (Å²) < 4.78 is 5.06. The third kappa shape index (κ3) is 15.1. The van der Waals surface area contributed by atoms with Crippen molar-refractivity contribution in [1.29, 1.82) is 0 Å². The standard InChI is InChI=1S/C43H56N6O9/c1-7-58-43(57)30-16-12-18-32(23-30)46-39(53)29-15-11-17-31(22-29)45-35(50)24-33(21-28-13-9-8-10-14-28)47-40(54)34(19-25(2)3)48-42(56)38(26(4)5)49-41(55)37(44)27(6)20-36(51)52/h8-18,22-23,25-26,33-34,37-39,46,53H,6-7,19-21,24,44H2,1-5H3,(H,45,50)(H,47,54)(H,48,56)(H,49,55)(H,51,52)/t33-,34-,37-,38-,39?/m0/s1. The molecule has 0 saturated heterocycles. The van der Waals surface area contributed by atoms with Crippen LogP contribution in [-0.4, -0.2) is 76.6 Å². The maximum atomic E-state index is 13.9. The molecule has 0 radical (unpaired) electrons. The van der Waals surface area contributed by atoms with Crippen molar-refractivity contribution in [3.8, 4) is 0 Å². The zero-order valence-electron chi connectivity index (χ0n) is 33.6. The van der Waals surface area contributed by atoms with Gasteiger partial charge in [-0.25, -0.2) is 4.79 Å². The van der Waals surface area contributed by atoms with Gasteiger partial charge in [0.15, 0.2) is 6.23 Å². The molecule has 0 aliphatic rings. The molecule has 0 aliphatic carbocycles. The Hall–Kier alpha value is -6.06. The second-order valence-corrected chi connectivity index (χ2v) is 14.7. The van der Waals surface area contributed by atoms with Gasteiger partial charge in [-0.05, 0) is 73.1 Å². The fourth-order valence-corrected chi connectivity index (χ4v) is 6.02. The summed E-state index contributed by atoms with van der Waals surface area (Å²) in [6.07, 6.45) is -1.32. The number of carboxylic acids is 1. The molecule has 0 saturated carbocycles. The average Bonchev–Trinajstić information content (AvgIpc) is 3.16. The number of esters is 1. The fourth-order valence-electron chi connectivity index (χ4n) is 6.02. The van der Waals surface area contributed by atoms with Gasteiger partial charge in [0.25, 0.3) is 0 Å². The quantitative estimate of drug-likeness (QED) is 0.0410. The summed E-state index contributed by atoms with van der Waals surface area (Å²) in [6, 6.07) is 18.2. The zero-order chi connectivity index (χ0) is 42.9. The number of aliphatic hydroxyl groups is 1. The number of carbonyl (C=O) groups excluding carboxylic acids is 5. The van der Waals surface area contributed by atoms with E-state index in [0.29, 0.717) is 28.9 Å². The molecule has 5 atom stereocenters. The second kappa shape index (κ2) is 22.6. The van der Waals surface area contributed by atoms with E-state index >= 15 is 0 Å². The lowest BCUT2D eigenvalue weighted by Gasteiger charge is -2.28. The van der Waals surface area contributed by atoms with Gasteiger partial charge < -0.3 is 47.3 Å². The lowest BCUT2D eigenvalue weighted by molar-refractivity contribution is -0.136. The van der Waals surface area contributed by atoms with Crippen molar-refractivity contribution in [2.75, 3.05) is 17.2 Å². The predicted molar refractivity (Wildman–Crippen MR) is 220 cm³/mol. The van der Waals surface area contributed by atoms with E-state index in [9.17, 15) is 33.9 Å². The first-order chi connectivity index (χ1) is 27.5. The molecular weight excluding hydrogens is 745 g/mol. The minimum absolute atomic E-state index is 0.0316. The fraction of sp³-hybridized carbons (Fsp3) is 0.395. The minimum atomic E-state index is -1.36. The van der Waals surface area contributed by atoms with Crippen molar-refractivity contribution in [2.45, 2.75) is 90.7 Å². The number of aliphatic hydroxyl groups excluding tert-OH is 1. The molecular formula is C43H56N6O9. The van der Waals surface area contributed by atoms with Gasteiger partial charge in [-0.15, -0.1) is 0 Å². The number of rotatable bonds is 22. The molecule has 0 heterocycles. The van der Waals surface area contributed by atoms with Gasteiger partial charge in [-0.2, -0.15) is 0 Å². The Morgan fingerprint density at radius 3 is 2.12 bits per heavy atom. The number of aliphatic carboxylic acids is 1. The third-order valence-electron chi connectivity index (χ3n) is 8.95. The summed E-state index contributed by atoms with van der Waals surface area (Å²) >= 11 is 0. The molecule has 3 aromatic rings. The smallest absolute Gasteiger partial charge is 0.338 e. The lowest BCUT2D eigenvalue weighted by Crippen LogP contribution is -2.58. The first kappa shape index (κ1) is 46.3. The van der Waals surface area contributed by atoms with Crippen LogP contribution in [0.2, 0.25) is 0 Å². The zero-order valence-corrected chi connectivity index (χ0v) is 33.6. The van der Waals surface area contributed by atoms with Crippen LogP contribution in [0.5, 0.6) is 0 Å². The maximum absolute atomic E-state index is 13.9. The van der Waals surface area contributed by atoms with E-state index in [1.165, 1.54) is 0 Å². The van der Waals surface area contributed by atoms with Crippen LogP contribution < -0.4 is 32.3 Å². The summed E-state index contributed by atoms with van der Waals surface area (Å²) in [5.41, 5.74) is 8.37. The molecule has 0 aromatic heterocycles. The van der Waals surface area contributed by atoms with Crippen LogP contribution in [0, 0.1) is 11.8 Å². The lowest BCUT2D eigenvalue weighted by atomic mass is 9.98. The van der Waals surface area contributed by atoms with Gasteiger partial charge in [0.05, 0.1) is 18.6 Å².